The number of aromatic amines is 1. The van der Waals surface area contributed by atoms with Crippen molar-refractivity contribution in [2.24, 2.45) is 5.92 Å². The van der Waals surface area contributed by atoms with E-state index in [0.29, 0.717) is 61.7 Å². The molecule has 1 saturated carbocycles. The second-order valence-electron chi connectivity index (χ2n) is 9.11. The summed E-state index contributed by atoms with van der Waals surface area (Å²) in [7, 11) is 0. The smallest absolute Gasteiger partial charge is 0.254 e. The summed E-state index contributed by atoms with van der Waals surface area (Å²) in [6, 6.07) is 6.31. The highest BCUT2D eigenvalue weighted by Gasteiger charge is 2.34. The number of nitrogens with one attached hydrogen (secondary N) is 1. The molecule has 2 fully saturated rings. The quantitative estimate of drug-likeness (QED) is 0.793. The fourth-order valence-electron chi connectivity index (χ4n) is 4.88. The van der Waals surface area contributed by atoms with Crippen LogP contribution in [-0.2, 0) is 29.0 Å². The van der Waals surface area contributed by atoms with Gasteiger partial charge in [-0.1, -0.05) is 24.6 Å². The Morgan fingerprint density at radius 2 is 1.94 bits per heavy atom. The maximum atomic E-state index is 13.9. The average Bonchev–Trinajstić information content (AvgIpc) is 3.24. The summed E-state index contributed by atoms with van der Waals surface area (Å²) in [6.45, 7) is 1.93. The molecule has 0 bridgehead atoms. The van der Waals surface area contributed by atoms with Crippen molar-refractivity contribution in [3.63, 3.8) is 0 Å². The Morgan fingerprint density at radius 1 is 1.12 bits per heavy atom. The molecule has 32 heavy (non-hydrogen) atoms. The molecule has 0 radical (unpaired) electrons. The molecule has 1 saturated heterocycles. The van der Waals surface area contributed by atoms with Crippen LogP contribution in [0.4, 0.5) is 4.39 Å². The third-order valence-corrected chi connectivity index (χ3v) is 7.09. The van der Waals surface area contributed by atoms with Crippen LogP contribution in [-0.4, -0.2) is 51.2 Å². The van der Waals surface area contributed by atoms with Crippen molar-refractivity contribution in [2.75, 3.05) is 19.6 Å². The van der Waals surface area contributed by atoms with Gasteiger partial charge in [-0.3, -0.25) is 14.4 Å². The Bertz CT molecular complexity index is 1110. The molecular formula is C24H27FN4O3. The first kappa shape index (κ1) is 20.8. The van der Waals surface area contributed by atoms with E-state index in [0.717, 1.165) is 19.3 Å². The zero-order valence-corrected chi connectivity index (χ0v) is 18.0. The fraction of sp³-hybridized carbons (Fsp3) is 0.500. The highest BCUT2D eigenvalue weighted by molar-refractivity contribution is 5.80. The lowest BCUT2D eigenvalue weighted by Crippen LogP contribution is -2.43. The fourth-order valence-corrected chi connectivity index (χ4v) is 4.88. The third-order valence-electron chi connectivity index (χ3n) is 7.09. The van der Waals surface area contributed by atoms with E-state index in [9.17, 15) is 18.8 Å². The lowest BCUT2D eigenvalue weighted by Gasteiger charge is -2.34. The van der Waals surface area contributed by atoms with Crippen LogP contribution >= 0.6 is 0 Å². The van der Waals surface area contributed by atoms with Crippen LogP contribution in [0.25, 0.3) is 0 Å². The zero-order chi connectivity index (χ0) is 22.2. The maximum Gasteiger partial charge on any atom is 0.254 e. The lowest BCUT2D eigenvalue weighted by atomic mass is 9.84. The number of carbonyl (C=O) groups is 2. The van der Waals surface area contributed by atoms with Gasteiger partial charge >= 0.3 is 0 Å². The van der Waals surface area contributed by atoms with E-state index in [1.165, 1.54) is 6.07 Å². The molecule has 2 aromatic rings. The lowest BCUT2D eigenvalue weighted by molar-refractivity contribution is -0.139. The summed E-state index contributed by atoms with van der Waals surface area (Å²) in [5.41, 5.74) is 1.59. The number of carbonyl (C=O) groups excluding carboxylic acids is 2. The summed E-state index contributed by atoms with van der Waals surface area (Å²) < 4.78 is 13.9. The molecule has 1 atom stereocenters. The standard InChI is InChI=1S/C24H27FN4O3/c25-19-7-2-1-4-16(19)12-21(30)28-10-8-17(13-28)22-26-20-14-29(24(32)15-5-3-6-15)11-9-18(20)23(31)27-22/h1-2,4,7,15,17H,3,5-6,8-14H2,(H,26,27,31). The van der Waals surface area contributed by atoms with Crippen LogP contribution in [0, 0.1) is 11.7 Å². The number of benzene rings is 1. The minimum Gasteiger partial charge on any atom is -0.342 e. The van der Waals surface area contributed by atoms with Crippen LogP contribution in [0.3, 0.4) is 0 Å². The van der Waals surface area contributed by atoms with Gasteiger partial charge in [0, 0.05) is 37.0 Å². The molecule has 1 aromatic carbocycles. The number of likely N-dealkylation sites (tertiary alicyclic amines) is 1. The monoisotopic (exact) mass is 438 g/mol. The minimum atomic E-state index is -0.377. The van der Waals surface area contributed by atoms with E-state index < -0.39 is 0 Å². The molecule has 3 heterocycles. The van der Waals surface area contributed by atoms with Gasteiger partial charge in [-0.25, -0.2) is 9.37 Å². The van der Waals surface area contributed by atoms with Crippen LogP contribution in [0.1, 0.15) is 54.2 Å². The number of halogens is 1. The van der Waals surface area contributed by atoms with E-state index in [1.807, 2.05) is 4.90 Å². The molecule has 5 rings (SSSR count). The summed E-state index contributed by atoms with van der Waals surface area (Å²) in [4.78, 5) is 49.2. The predicted molar refractivity (Wildman–Crippen MR) is 115 cm³/mol. The molecule has 3 aliphatic rings. The number of amides is 2. The van der Waals surface area contributed by atoms with Gasteiger partial charge in [0.2, 0.25) is 11.8 Å². The number of aromatic nitrogens is 2. The average molecular weight is 439 g/mol. The number of hydrogen-bond donors (Lipinski definition) is 1. The number of nitrogens with zero attached hydrogens (tertiary/aromatic N) is 3. The number of hydrogen-bond acceptors (Lipinski definition) is 4. The number of H-pyrrole nitrogens is 1. The molecule has 2 aliphatic heterocycles. The normalized spacial score (nSPS) is 20.7. The van der Waals surface area contributed by atoms with Gasteiger partial charge in [0.05, 0.1) is 18.7 Å². The second kappa shape index (κ2) is 8.48. The molecule has 1 aromatic heterocycles. The summed E-state index contributed by atoms with van der Waals surface area (Å²) >= 11 is 0. The van der Waals surface area contributed by atoms with Gasteiger partial charge in [0.1, 0.15) is 11.6 Å². The molecule has 1 N–H and O–H groups in total. The molecule has 1 aliphatic carbocycles. The Kier molecular flexibility index (Phi) is 5.53. The highest BCUT2D eigenvalue weighted by atomic mass is 19.1. The SMILES string of the molecule is O=C(Cc1ccccc1F)N1CCC(c2nc3c(c(=O)[nH]2)CCN(C(=O)C2CCC2)C3)C1. The molecule has 1 unspecified atom stereocenters. The zero-order valence-electron chi connectivity index (χ0n) is 18.0. The highest BCUT2D eigenvalue weighted by Crippen LogP contribution is 2.30. The first-order valence-corrected chi connectivity index (χ1v) is 11.4. The van der Waals surface area contributed by atoms with Gasteiger partial charge in [-0.15, -0.1) is 0 Å². The molecule has 8 heteroatoms. The topological polar surface area (TPSA) is 86.4 Å². The van der Waals surface area contributed by atoms with Crippen molar-refractivity contribution < 1.29 is 14.0 Å². The van der Waals surface area contributed by atoms with E-state index in [1.54, 1.807) is 23.1 Å². The largest absolute Gasteiger partial charge is 0.342 e. The molecule has 0 spiro atoms. The Labute approximate surface area is 185 Å². The van der Waals surface area contributed by atoms with Gasteiger partial charge in [-0.05, 0) is 37.3 Å². The minimum absolute atomic E-state index is 0.0196. The van der Waals surface area contributed by atoms with Crippen LogP contribution in [0.2, 0.25) is 0 Å². The van der Waals surface area contributed by atoms with E-state index in [2.05, 4.69) is 4.98 Å². The molecule has 168 valence electrons. The van der Waals surface area contributed by atoms with Gasteiger partial charge in [0.15, 0.2) is 0 Å². The first-order chi connectivity index (χ1) is 15.5. The third kappa shape index (κ3) is 3.94. The van der Waals surface area contributed by atoms with E-state index in [4.69, 9.17) is 4.98 Å². The molecule has 7 nitrogen and oxygen atoms in total. The summed E-state index contributed by atoms with van der Waals surface area (Å²) in [5, 5.41) is 0. The van der Waals surface area contributed by atoms with Crippen LogP contribution in [0.5, 0.6) is 0 Å². The number of rotatable bonds is 4. The Morgan fingerprint density at radius 3 is 2.69 bits per heavy atom. The first-order valence-electron chi connectivity index (χ1n) is 11.4. The van der Waals surface area contributed by atoms with Crippen LogP contribution < -0.4 is 5.56 Å². The summed E-state index contributed by atoms with van der Waals surface area (Å²) in [6.07, 6.45) is 4.25. The summed E-state index contributed by atoms with van der Waals surface area (Å²) in [5.74, 6) is 0.301. The van der Waals surface area contributed by atoms with Crippen molar-refractivity contribution in [1.29, 1.82) is 0 Å². The molecular weight excluding hydrogens is 411 g/mol. The number of fused-ring (bicyclic) bond motifs is 1. The van der Waals surface area contributed by atoms with Crippen molar-refractivity contribution >= 4 is 11.8 Å². The Hall–Kier alpha value is -3.03. The second-order valence-corrected chi connectivity index (χ2v) is 9.11. The van der Waals surface area contributed by atoms with Gasteiger partial charge in [-0.2, -0.15) is 0 Å². The predicted octanol–water partition coefficient (Wildman–Crippen LogP) is 2.15. The van der Waals surface area contributed by atoms with Crippen molar-refractivity contribution in [2.45, 2.75) is 51.0 Å². The van der Waals surface area contributed by atoms with Crippen LogP contribution in [0.15, 0.2) is 29.1 Å². The maximum absolute atomic E-state index is 13.9. The van der Waals surface area contributed by atoms with Crippen molar-refractivity contribution in [3.8, 4) is 0 Å². The van der Waals surface area contributed by atoms with Gasteiger partial charge < -0.3 is 14.8 Å². The van der Waals surface area contributed by atoms with E-state index in [-0.39, 0.29) is 41.4 Å². The molecule has 2 amide bonds. The van der Waals surface area contributed by atoms with Crippen molar-refractivity contribution in [1.82, 2.24) is 19.8 Å². The Balaban J connectivity index is 1.28. The van der Waals surface area contributed by atoms with Crippen molar-refractivity contribution in [3.05, 3.63) is 63.1 Å². The van der Waals surface area contributed by atoms with Gasteiger partial charge in [0.25, 0.3) is 5.56 Å². The van der Waals surface area contributed by atoms with E-state index >= 15 is 0 Å².